The highest BCUT2D eigenvalue weighted by Gasteiger charge is 2.94. The molecule has 14 aromatic rings. The Balaban J connectivity index is 1.21. The van der Waals surface area contributed by atoms with Crippen LogP contribution in [0.5, 0.6) is 0 Å². The molecule has 19 rings (SSSR count). The summed E-state index contributed by atoms with van der Waals surface area (Å²) in [5.41, 5.74) is 9.24. The normalized spacial score (nSPS) is 23.8. The highest BCUT2D eigenvalue weighted by Crippen LogP contribution is 2.93. The summed E-state index contributed by atoms with van der Waals surface area (Å²) in [6, 6.07) is 37.9. The zero-order valence-corrected chi connectivity index (χ0v) is 31.2. The van der Waals surface area contributed by atoms with Crippen molar-refractivity contribution in [2.75, 3.05) is 7.11 Å². The van der Waals surface area contributed by atoms with Crippen LogP contribution in [0.15, 0.2) is 109 Å². The second-order valence-electron chi connectivity index (χ2n) is 18.7. The number of carbonyl (C=O) groups excluding carboxylic acids is 1. The Morgan fingerprint density at radius 2 is 0.759 bits per heavy atom. The van der Waals surface area contributed by atoms with Crippen LogP contribution in [0.1, 0.15) is 38.2 Å². The van der Waals surface area contributed by atoms with Gasteiger partial charge >= 0.3 is 5.97 Å². The molecule has 0 saturated heterocycles. The highest BCUT2D eigenvalue weighted by atomic mass is 16.5. The first kappa shape index (κ1) is 26.8. The summed E-state index contributed by atoms with van der Waals surface area (Å²) in [7, 11) is 1.48. The summed E-state index contributed by atoms with van der Waals surface area (Å²) in [4.78, 5) is 13.0. The van der Waals surface area contributed by atoms with E-state index in [-0.39, 0.29) is 5.97 Å². The van der Waals surface area contributed by atoms with Crippen molar-refractivity contribution in [2.45, 2.75) is 23.2 Å². The average molecular weight is 729 g/mol. The van der Waals surface area contributed by atoms with Crippen LogP contribution in [0.25, 0.3) is 130 Å². The molecule has 2 unspecified atom stereocenters. The van der Waals surface area contributed by atoms with Crippen LogP contribution < -0.4 is 10.4 Å². The lowest BCUT2D eigenvalue weighted by Gasteiger charge is -2.32. The van der Waals surface area contributed by atoms with Gasteiger partial charge in [-0.25, -0.2) is 4.79 Å². The van der Waals surface area contributed by atoms with Gasteiger partial charge in [0, 0.05) is 0 Å². The number of rotatable bonds is 3. The molecule has 2 nitrogen and oxygen atoms in total. The summed E-state index contributed by atoms with van der Waals surface area (Å²) < 4.78 is 5.26. The SMILES string of the molecule is COC(=O)c1ccc(C2(c3ccc(C)cc3)C34C5=c6ccc7c8ccc9c%10ccc%11c%12ccc%13c%14c(c%15c%16c3c6c7c3c8c9c6c%10c%11c(c%14%12)c%15c6c%163)C42C=%13C=C5)cc1. The summed E-state index contributed by atoms with van der Waals surface area (Å²) in [6.07, 6.45) is 5.09. The van der Waals surface area contributed by atoms with Gasteiger partial charge in [0.1, 0.15) is 0 Å². The minimum absolute atomic E-state index is 0.298. The molecule has 0 aromatic heterocycles. The number of fused-ring (bicyclic) bond motifs is 3. The average Bonchev–Trinajstić information content (AvgIpc) is 3.89. The van der Waals surface area contributed by atoms with Gasteiger partial charge in [-0.05, 0) is 181 Å². The molecule has 5 aliphatic carbocycles. The molecule has 2 spiro atoms. The third-order valence-corrected chi connectivity index (χ3v) is 17.6. The molecule has 0 bridgehead atoms. The van der Waals surface area contributed by atoms with Gasteiger partial charge < -0.3 is 4.74 Å². The quantitative estimate of drug-likeness (QED) is 0.134. The zero-order chi connectivity index (χ0) is 37.0. The van der Waals surface area contributed by atoms with E-state index in [0.717, 1.165) is 0 Å². The molecule has 58 heavy (non-hydrogen) atoms. The van der Waals surface area contributed by atoms with E-state index in [1.54, 1.807) is 11.1 Å². The Morgan fingerprint density at radius 3 is 1.19 bits per heavy atom. The van der Waals surface area contributed by atoms with Crippen molar-refractivity contribution in [3.63, 3.8) is 0 Å². The van der Waals surface area contributed by atoms with Gasteiger partial charge in [0.25, 0.3) is 0 Å². The largest absolute Gasteiger partial charge is 0.465 e. The maximum Gasteiger partial charge on any atom is 0.337 e. The molecule has 2 atom stereocenters. The van der Waals surface area contributed by atoms with Gasteiger partial charge in [-0.15, -0.1) is 0 Å². The van der Waals surface area contributed by atoms with Crippen molar-refractivity contribution in [2.24, 2.45) is 0 Å². The summed E-state index contributed by atoms with van der Waals surface area (Å²) in [5, 5.41) is 35.3. The van der Waals surface area contributed by atoms with Crippen LogP contribution in [0.4, 0.5) is 0 Å². The van der Waals surface area contributed by atoms with Crippen LogP contribution in [0.2, 0.25) is 0 Å². The fourth-order valence-electron chi connectivity index (χ4n) is 16.5. The van der Waals surface area contributed by atoms with Crippen LogP contribution in [0.3, 0.4) is 0 Å². The van der Waals surface area contributed by atoms with E-state index in [2.05, 4.69) is 104 Å². The Kier molecular flexibility index (Phi) is 3.32. The molecule has 5 aliphatic rings. The maximum atomic E-state index is 13.0. The standard InChI is InChI=1S/C56H24O2/c1-21-3-7-23(8-4-21)54(24-9-5-22(6-10-24)53(57)58-2)55-33-19-20-34-32-18-16-30-28-14-12-26-25-11-13-27-29-15-17-31(33)41-39(29)44-37(27)35(25)43-36(26)38(28)45-40(30)42(32)52(56(34,54)55)50-48(45)46(43)47(44)49(50)51(41)55/h3-20H,1-2H3. The fraction of sp³-hybridized carbons (Fsp3) is 0.0893. The Labute approximate surface area is 327 Å². The van der Waals surface area contributed by atoms with E-state index in [9.17, 15) is 4.79 Å². The van der Waals surface area contributed by atoms with Crippen LogP contribution in [-0.4, -0.2) is 13.1 Å². The lowest BCUT2D eigenvalue weighted by atomic mass is 9.68. The Morgan fingerprint density at radius 1 is 0.397 bits per heavy atom. The topological polar surface area (TPSA) is 26.3 Å². The maximum absolute atomic E-state index is 13.0. The number of benzene rings is 10. The number of carbonyl (C=O) groups is 1. The number of esters is 1. The molecule has 2 heteroatoms. The Hall–Kier alpha value is -7.03. The monoisotopic (exact) mass is 728 g/mol. The molecule has 0 heterocycles. The minimum atomic E-state index is -0.489. The van der Waals surface area contributed by atoms with Gasteiger partial charge in [-0.3, -0.25) is 0 Å². The van der Waals surface area contributed by atoms with Crippen LogP contribution in [0, 0.1) is 6.92 Å². The molecule has 0 N–H and O–H groups in total. The smallest absolute Gasteiger partial charge is 0.337 e. The predicted molar refractivity (Wildman–Crippen MR) is 237 cm³/mol. The number of allylic oxidation sites excluding steroid dienone is 2. The van der Waals surface area contributed by atoms with E-state index in [0.29, 0.717) is 5.56 Å². The Bertz CT molecular complexity index is 4350. The van der Waals surface area contributed by atoms with Crippen LogP contribution in [-0.2, 0) is 21.0 Å². The van der Waals surface area contributed by atoms with Gasteiger partial charge in [-0.2, -0.15) is 0 Å². The second-order valence-corrected chi connectivity index (χ2v) is 18.7. The van der Waals surface area contributed by atoms with E-state index in [1.807, 2.05) is 12.1 Å². The molecule has 0 amide bonds. The number of aryl methyl sites for hydroxylation is 1. The number of hydrogen-bond acceptors (Lipinski definition) is 2. The minimum Gasteiger partial charge on any atom is -0.465 e. The summed E-state index contributed by atoms with van der Waals surface area (Å²) in [6.45, 7) is 2.21. The first-order chi connectivity index (χ1) is 28.6. The lowest BCUT2D eigenvalue weighted by molar-refractivity contribution is 0.0600. The van der Waals surface area contributed by atoms with E-state index in [1.165, 1.54) is 164 Å². The van der Waals surface area contributed by atoms with E-state index in [4.69, 9.17) is 4.74 Å². The number of ether oxygens (including phenoxy) is 1. The zero-order valence-electron chi connectivity index (χ0n) is 31.2. The predicted octanol–water partition coefficient (Wildman–Crippen LogP) is 11.4. The molecule has 1 fully saturated rings. The summed E-state index contributed by atoms with van der Waals surface area (Å²) >= 11 is 0. The molecular formula is C56H24O2. The van der Waals surface area contributed by atoms with Crippen molar-refractivity contribution >= 4 is 136 Å². The van der Waals surface area contributed by atoms with E-state index >= 15 is 0 Å². The molecule has 14 aromatic carbocycles. The molecular weight excluding hydrogens is 705 g/mol. The molecule has 1 saturated carbocycles. The van der Waals surface area contributed by atoms with Gasteiger partial charge in [0.2, 0.25) is 0 Å². The second kappa shape index (κ2) is 7.20. The first-order valence-electron chi connectivity index (χ1n) is 20.8. The van der Waals surface area contributed by atoms with Crippen molar-refractivity contribution in [1.82, 2.24) is 0 Å². The number of hydrogen-bond donors (Lipinski definition) is 0. The van der Waals surface area contributed by atoms with Crippen molar-refractivity contribution in [1.29, 1.82) is 0 Å². The van der Waals surface area contributed by atoms with Crippen LogP contribution >= 0.6 is 0 Å². The van der Waals surface area contributed by atoms with Crippen molar-refractivity contribution < 1.29 is 9.53 Å². The fourth-order valence-corrected chi connectivity index (χ4v) is 16.5. The van der Waals surface area contributed by atoms with E-state index < -0.39 is 16.2 Å². The van der Waals surface area contributed by atoms with Gasteiger partial charge in [0.05, 0.1) is 28.9 Å². The molecule has 260 valence electrons. The van der Waals surface area contributed by atoms with Crippen molar-refractivity contribution in [3.05, 3.63) is 153 Å². The van der Waals surface area contributed by atoms with Gasteiger partial charge in [-0.1, -0.05) is 103 Å². The number of methoxy groups -OCH3 is 1. The lowest BCUT2D eigenvalue weighted by Crippen LogP contribution is -2.27. The van der Waals surface area contributed by atoms with Crippen molar-refractivity contribution in [3.8, 4) is 0 Å². The first-order valence-corrected chi connectivity index (χ1v) is 20.8. The third kappa shape index (κ3) is 1.88. The highest BCUT2D eigenvalue weighted by molar-refractivity contribution is 6.64. The van der Waals surface area contributed by atoms with Gasteiger partial charge in [0.15, 0.2) is 0 Å². The summed E-state index contributed by atoms with van der Waals surface area (Å²) in [5.74, 6) is -0.298. The third-order valence-electron chi connectivity index (χ3n) is 17.6. The molecule has 0 aliphatic heterocycles. The molecule has 0 radical (unpaired) electrons.